The zero-order valence-electron chi connectivity index (χ0n) is 29.5. The Morgan fingerprint density at radius 3 is 2.29 bits per heavy atom. The van der Waals surface area contributed by atoms with E-state index in [1.165, 1.54) is 32.5 Å². The van der Waals surface area contributed by atoms with Crippen molar-refractivity contribution < 1.29 is 49.8 Å². The highest BCUT2D eigenvalue weighted by Crippen LogP contribution is 2.42. The second kappa shape index (κ2) is 15.0. The summed E-state index contributed by atoms with van der Waals surface area (Å²) >= 11 is 0. The number of halogens is 7. The molecule has 2 atom stereocenters. The highest BCUT2D eigenvalue weighted by molar-refractivity contribution is 6.05. The molecule has 0 bridgehead atoms. The number of rotatable bonds is 9. The topological polar surface area (TPSA) is 184 Å². The molecule has 14 nitrogen and oxygen atoms in total. The van der Waals surface area contributed by atoms with E-state index in [1.54, 1.807) is 30.0 Å². The first kappa shape index (κ1) is 39.3. The number of hydrogen-bond donors (Lipinski definition) is 3. The van der Waals surface area contributed by atoms with Crippen molar-refractivity contribution >= 4 is 23.9 Å². The molecule has 2 aliphatic heterocycles. The Morgan fingerprint density at radius 2 is 1.70 bits per heavy atom. The van der Waals surface area contributed by atoms with Crippen LogP contribution in [0.15, 0.2) is 65.2 Å². The fraction of sp³-hybridized carbons (Fsp3) is 0.314. The minimum atomic E-state index is -5.12. The van der Waals surface area contributed by atoms with Gasteiger partial charge in [0.1, 0.15) is 12.3 Å². The number of hydrogen-bond acceptors (Lipinski definition) is 10. The van der Waals surface area contributed by atoms with Gasteiger partial charge in [0.05, 0.1) is 49.6 Å². The average molecular weight is 789 g/mol. The van der Waals surface area contributed by atoms with E-state index in [4.69, 9.17) is 20.7 Å². The van der Waals surface area contributed by atoms with E-state index in [9.17, 15) is 40.3 Å². The molecule has 6 rings (SSSR count). The maximum atomic E-state index is 13.9. The molecule has 2 aromatic heterocycles. The Bertz CT molecular complexity index is 2200. The van der Waals surface area contributed by atoms with E-state index in [0.29, 0.717) is 34.4 Å². The number of nitrogens with two attached hydrogens (primary N) is 1. The largest absolute Gasteiger partial charge is 0.481 e. The summed E-state index contributed by atoms with van der Waals surface area (Å²) in [5.74, 6) is -0.776. The summed E-state index contributed by atoms with van der Waals surface area (Å²) in [4.78, 5) is 42.1. The molecule has 0 aliphatic carbocycles. The van der Waals surface area contributed by atoms with E-state index in [-0.39, 0.29) is 60.3 Å². The second-order valence-electron chi connectivity index (χ2n) is 12.9. The van der Waals surface area contributed by atoms with Gasteiger partial charge in [-0.25, -0.2) is 24.1 Å². The van der Waals surface area contributed by atoms with Crippen LogP contribution in [-0.4, -0.2) is 70.2 Å². The van der Waals surface area contributed by atoms with Gasteiger partial charge in [-0.15, -0.1) is 0 Å². The number of carbonyl (C=O) groups excluding carboxylic acids is 2. The van der Waals surface area contributed by atoms with Crippen molar-refractivity contribution in [3.05, 3.63) is 88.4 Å². The van der Waals surface area contributed by atoms with Crippen LogP contribution < -0.4 is 20.7 Å². The number of ether oxygens (including phenoxy) is 2. The molecule has 2 amide bonds. The van der Waals surface area contributed by atoms with Gasteiger partial charge in [0.2, 0.25) is 17.8 Å². The van der Waals surface area contributed by atoms with Gasteiger partial charge in [-0.2, -0.15) is 31.9 Å². The summed E-state index contributed by atoms with van der Waals surface area (Å²) in [6.45, 7) is 2.77. The molecule has 4 heterocycles. The van der Waals surface area contributed by atoms with Gasteiger partial charge in [-0.1, -0.05) is 11.2 Å². The third-order valence-electron chi connectivity index (χ3n) is 9.16. The van der Waals surface area contributed by atoms with Crippen molar-refractivity contribution in [2.24, 2.45) is 16.1 Å². The molecule has 2 aromatic carbocycles. The molecule has 0 radical (unpaired) electrons. The third kappa shape index (κ3) is 8.01. The van der Waals surface area contributed by atoms with Crippen molar-refractivity contribution in [2.45, 2.75) is 51.1 Å². The number of pyridine rings is 1. The first-order chi connectivity index (χ1) is 26.4. The zero-order valence-corrected chi connectivity index (χ0v) is 29.5. The van der Waals surface area contributed by atoms with E-state index >= 15 is 0 Å². The molecular formula is C35H31F7N10O4. The van der Waals surface area contributed by atoms with Gasteiger partial charge in [0, 0.05) is 34.6 Å². The van der Waals surface area contributed by atoms with Gasteiger partial charge in [0.25, 0.3) is 5.91 Å². The number of carbonyl (C=O) groups is 2. The summed E-state index contributed by atoms with van der Waals surface area (Å²) in [6, 6.07) is 6.36. The molecule has 2 aliphatic rings. The highest BCUT2D eigenvalue weighted by atomic mass is 19.4. The summed E-state index contributed by atoms with van der Waals surface area (Å²) in [6.07, 6.45) is -11.0. The molecular weight excluding hydrogens is 757 g/mol. The number of nitrogens with one attached hydrogen (secondary N) is 2. The third-order valence-corrected chi connectivity index (χ3v) is 9.16. The predicted octanol–water partition coefficient (Wildman–Crippen LogP) is 6.79. The molecule has 21 heteroatoms. The number of benzene rings is 2. The number of aromatic nitrogens is 3. The summed E-state index contributed by atoms with van der Waals surface area (Å²) in [5, 5.41) is 8.31. The Balaban J connectivity index is 1.38. The molecule has 0 spiro atoms. The lowest BCUT2D eigenvalue weighted by atomic mass is 9.96. The van der Waals surface area contributed by atoms with Crippen LogP contribution in [0.25, 0.3) is 22.3 Å². The number of amides is 2. The number of nitrogens with zero attached hydrogens (tertiary/aromatic N) is 7. The molecule has 0 saturated carbocycles. The van der Waals surface area contributed by atoms with Crippen molar-refractivity contribution in [1.82, 2.24) is 25.2 Å². The lowest BCUT2D eigenvalue weighted by Gasteiger charge is -2.34. The van der Waals surface area contributed by atoms with Gasteiger partial charge >= 0.3 is 18.4 Å². The minimum absolute atomic E-state index is 0.00723. The number of methoxy groups -OCH3 is 1. The molecule has 2 unspecified atom stereocenters. The Labute approximate surface area is 313 Å². The fourth-order valence-corrected chi connectivity index (χ4v) is 6.31. The molecule has 2 fully saturated rings. The minimum Gasteiger partial charge on any atom is -0.481 e. The molecule has 56 heavy (non-hydrogen) atoms. The highest BCUT2D eigenvalue weighted by Gasteiger charge is 2.44. The van der Waals surface area contributed by atoms with Crippen LogP contribution in [0.3, 0.4) is 0 Å². The Hall–Kier alpha value is -6.41. The van der Waals surface area contributed by atoms with Gasteiger partial charge in [-0.3, -0.25) is 15.0 Å². The summed E-state index contributed by atoms with van der Waals surface area (Å²) in [7, 11) is 1.36. The van der Waals surface area contributed by atoms with Crippen LogP contribution in [0.5, 0.6) is 5.88 Å². The average Bonchev–Trinajstić information content (AvgIpc) is 3.41. The van der Waals surface area contributed by atoms with Crippen molar-refractivity contribution in [2.75, 3.05) is 25.1 Å². The number of guanidine groups is 1. The smallest absolute Gasteiger partial charge is 0.416 e. The predicted molar refractivity (Wildman–Crippen MR) is 184 cm³/mol. The van der Waals surface area contributed by atoms with Crippen LogP contribution in [0.2, 0.25) is 0 Å². The summed E-state index contributed by atoms with van der Waals surface area (Å²) in [5.41, 5.74) is 11.4. The number of anilines is 1. The van der Waals surface area contributed by atoms with Crippen LogP contribution in [0.4, 0.5) is 41.5 Å². The van der Waals surface area contributed by atoms with Crippen LogP contribution in [-0.2, 0) is 23.6 Å². The molecule has 4 N–H and O–H groups in total. The van der Waals surface area contributed by atoms with E-state index in [0.717, 1.165) is 4.90 Å². The van der Waals surface area contributed by atoms with Crippen LogP contribution in [0.1, 0.15) is 51.3 Å². The standard InChI is InChI=1S/C35H31F7N10O4/c1-16-6-18(29(53)48-31(43)49-50-44)4-5-24(16)20-9-25(30(55-3)45-11-20)26-12-46-32(51-13-23(36)14-51)47-27(26)15-52-17(2)28(56-33(52)54)19-7-21(34(37,38)39)10-22(8-19)35(40,41)42/h4-12,17,23,28H,13-15H2,1-3H3,(H4,43,44,48,49,53). The lowest BCUT2D eigenvalue weighted by molar-refractivity contribution is -0.143. The van der Waals surface area contributed by atoms with E-state index < -0.39 is 59.4 Å². The first-order valence-electron chi connectivity index (χ1n) is 16.6. The normalized spacial score (nSPS) is 17.8. The Kier molecular flexibility index (Phi) is 10.5. The van der Waals surface area contributed by atoms with Crippen molar-refractivity contribution in [3.8, 4) is 28.1 Å². The lowest BCUT2D eigenvalue weighted by Crippen LogP contribution is -2.49. The quantitative estimate of drug-likeness (QED) is 0.0540. The maximum absolute atomic E-state index is 13.9. The van der Waals surface area contributed by atoms with Crippen LogP contribution >= 0.6 is 0 Å². The fourth-order valence-electron chi connectivity index (χ4n) is 6.31. The maximum Gasteiger partial charge on any atom is 0.416 e. The first-order valence-corrected chi connectivity index (χ1v) is 16.6. The number of cyclic esters (lactones) is 1. The van der Waals surface area contributed by atoms with Crippen molar-refractivity contribution in [1.29, 1.82) is 5.53 Å². The van der Waals surface area contributed by atoms with Crippen molar-refractivity contribution in [3.63, 3.8) is 0 Å². The number of alkyl halides is 7. The number of aryl methyl sites for hydroxylation is 1. The van der Waals surface area contributed by atoms with Gasteiger partial charge in [-0.05, 0) is 72.2 Å². The van der Waals surface area contributed by atoms with Gasteiger partial charge in [0.15, 0.2) is 0 Å². The SMILES string of the molecule is COc1ncc(-c2ccc(C(=O)NC(N)=NN=N)cc2C)cc1-c1cnc(N2CC(F)C2)nc1CN1C(=O)OC(c2cc(C(F)(F)F)cc(C(F)(F)F)c2)C1C. The zero-order chi connectivity index (χ0) is 40.7. The van der Waals surface area contributed by atoms with E-state index in [1.807, 2.05) is 0 Å². The molecule has 4 aromatic rings. The Morgan fingerprint density at radius 1 is 1.02 bits per heavy atom. The van der Waals surface area contributed by atoms with Gasteiger partial charge < -0.3 is 20.1 Å². The molecule has 294 valence electrons. The monoisotopic (exact) mass is 788 g/mol. The van der Waals surface area contributed by atoms with Crippen LogP contribution in [0, 0.1) is 12.5 Å². The molecule has 2 saturated heterocycles. The second-order valence-corrected chi connectivity index (χ2v) is 12.9. The van der Waals surface area contributed by atoms with E-state index in [2.05, 4.69) is 30.6 Å². The summed E-state index contributed by atoms with van der Waals surface area (Å²) < 4.78 is 107.